The number of amides is 1. The first-order valence-corrected chi connectivity index (χ1v) is 15.4. The van der Waals surface area contributed by atoms with E-state index in [-0.39, 0.29) is 48.9 Å². The van der Waals surface area contributed by atoms with Gasteiger partial charge in [0.25, 0.3) is 17.4 Å². The molecule has 40 heavy (non-hydrogen) atoms. The predicted octanol–water partition coefficient (Wildman–Crippen LogP) is 6.12. The minimum Gasteiger partial charge on any atom is -0.462 e. The molecule has 0 saturated heterocycles. The lowest BCUT2D eigenvalue weighted by molar-refractivity contribution is -0.249. The summed E-state index contributed by atoms with van der Waals surface area (Å²) in [6, 6.07) is 5.30. The molecule has 1 amide bonds. The van der Waals surface area contributed by atoms with Crippen LogP contribution < -0.4 is 20.9 Å². The Balaban J connectivity index is 1.28. The minimum atomic E-state index is -2.53. The first kappa shape index (κ1) is 29.4. The topological polar surface area (TPSA) is 92.5 Å². The molecule has 2 heterocycles. The number of hydrogen-bond donors (Lipinski definition) is 3. The molecule has 0 bridgehead atoms. The van der Waals surface area contributed by atoms with Crippen LogP contribution in [-0.4, -0.2) is 40.9 Å². The van der Waals surface area contributed by atoms with Gasteiger partial charge in [0.15, 0.2) is 0 Å². The smallest absolute Gasteiger partial charge is 0.254 e. The number of H-pyrrole nitrogens is 1. The van der Waals surface area contributed by atoms with E-state index in [9.17, 15) is 18.4 Å². The van der Waals surface area contributed by atoms with E-state index < -0.39 is 17.8 Å². The molecule has 1 aromatic carbocycles. The fourth-order valence-corrected chi connectivity index (χ4v) is 7.23. The molecule has 3 N–H and O–H groups in total. The van der Waals surface area contributed by atoms with Crippen LogP contribution in [0, 0.1) is 12.8 Å². The Bertz CT molecular complexity index is 1340. The fourth-order valence-electron chi connectivity index (χ4n) is 6.31. The molecule has 0 radical (unpaired) electrons. The number of aromatic amines is 1. The van der Waals surface area contributed by atoms with Crippen LogP contribution in [0.5, 0.6) is 5.75 Å². The van der Waals surface area contributed by atoms with Crippen molar-refractivity contribution in [3.8, 4) is 5.75 Å². The van der Waals surface area contributed by atoms with E-state index in [1.54, 1.807) is 12.1 Å². The number of thioether (sulfide) groups is 1. The molecule has 5 rings (SSSR count). The van der Waals surface area contributed by atoms with Gasteiger partial charge in [-0.3, -0.25) is 9.59 Å². The maximum Gasteiger partial charge on any atom is 0.254 e. The van der Waals surface area contributed by atoms with Crippen LogP contribution in [0.15, 0.2) is 27.9 Å². The highest BCUT2D eigenvalue weighted by Gasteiger charge is 2.48. The summed E-state index contributed by atoms with van der Waals surface area (Å²) in [5.41, 5.74) is 1.98. The molecule has 2 fully saturated rings. The lowest BCUT2D eigenvalue weighted by Gasteiger charge is -2.47. The van der Waals surface area contributed by atoms with Gasteiger partial charge in [0.2, 0.25) is 5.79 Å². The van der Waals surface area contributed by atoms with E-state index in [1.807, 2.05) is 33.1 Å². The summed E-state index contributed by atoms with van der Waals surface area (Å²) in [4.78, 5) is 29.5. The fraction of sp³-hybridized carbons (Fsp3) is 0.586. The number of carbonyl (C=O) groups is 1. The first-order chi connectivity index (χ1) is 18.9. The van der Waals surface area contributed by atoms with Gasteiger partial charge < -0.3 is 25.1 Å². The Labute approximate surface area is 242 Å². The van der Waals surface area contributed by atoms with Crippen LogP contribution in [0.2, 0.25) is 5.02 Å². The van der Waals surface area contributed by atoms with Gasteiger partial charge in [0, 0.05) is 71.1 Å². The van der Waals surface area contributed by atoms with Crippen LogP contribution in [0.1, 0.15) is 85.7 Å². The molecule has 0 spiro atoms. The highest BCUT2D eigenvalue weighted by molar-refractivity contribution is 7.98. The standard InChI is InChI=1S/C29H36ClF2N3O4S/c1-15-9-24(40-4)22(27(37)34-15)14-33-26(36)21-10-18(30)11-23-25(21)16(2)38-28(3,39-23)17-5-7-19(8-6-17)35-20-12-29(31,32)13-20/h9-11,16-17,19-20,35H,5-8,12-14H2,1-4H3,(H,33,36)(H,34,37). The number of aromatic nitrogens is 1. The molecule has 218 valence electrons. The lowest BCUT2D eigenvalue weighted by atomic mass is 9.79. The number of alkyl halides is 2. The van der Waals surface area contributed by atoms with Gasteiger partial charge in [0.1, 0.15) is 5.75 Å². The van der Waals surface area contributed by atoms with E-state index in [4.69, 9.17) is 21.1 Å². The Hall–Kier alpha value is -2.14. The molecule has 1 aromatic heterocycles. The summed E-state index contributed by atoms with van der Waals surface area (Å²) in [6.07, 6.45) is 4.66. The van der Waals surface area contributed by atoms with Gasteiger partial charge in [-0.15, -0.1) is 11.8 Å². The van der Waals surface area contributed by atoms with Crippen LogP contribution in [0.25, 0.3) is 0 Å². The van der Waals surface area contributed by atoms with E-state index in [0.717, 1.165) is 36.3 Å². The molecule has 11 heteroatoms. The zero-order valence-corrected chi connectivity index (χ0v) is 24.7. The summed E-state index contributed by atoms with van der Waals surface area (Å²) in [5, 5.41) is 6.63. The summed E-state index contributed by atoms with van der Waals surface area (Å²) in [6.45, 7) is 5.70. The molecule has 1 aliphatic heterocycles. The highest BCUT2D eigenvalue weighted by atomic mass is 35.5. The number of ether oxygens (including phenoxy) is 2. The van der Waals surface area contributed by atoms with Crippen molar-refractivity contribution in [1.29, 1.82) is 0 Å². The van der Waals surface area contributed by atoms with E-state index >= 15 is 0 Å². The van der Waals surface area contributed by atoms with Crippen molar-refractivity contribution >= 4 is 29.3 Å². The molecule has 2 aromatic rings. The van der Waals surface area contributed by atoms with Gasteiger partial charge in [-0.1, -0.05) is 11.6 Å². The molecule has 2 aliphatic carbocycles. The molecule has 7 nitrogen and oxygen atoms in total. The monoisotopic (exact) mass is 595 g/mol. The number of carbonyl (C=O) groups excluding carboxylic acids is 1. The molecule has 2 atom stereocenters. The van der Waals surface area contributed by atoms with Crippen molar-refractivity contribution in [3.05, 3.63) is 56.0 Å². The van der Waals surface area contributed by atoms with Crippen molar-refractivity contribution in [2.24, 2.45) is 5.92 Å². The quantitative estimate of drug-likeness (QED) is 0.334. The molecular weight excluding hydrogens is 560 g/mol. The van der Waals surface area contributed by atoms with Crippen LogP contribution in [0.4, 0.5) is 8.78 Å². The lowest BCUT2D eigenvalue weighted by Crippen LogP contribution is -2.54. The van der Waals surface area contributed by atoms with Crippen molar-refractivity contribution in [2.75, 3.05) is 6.26 Å². The van der Waals surface area contributed by atoms with E-state index in [0.29, 0.717) is 27.5 Å². The first-order valence-electron chi connectivity index (χ1n) is 13.8. The summed E-state index contributed by atoms with van der Waals surface area (Å²) in [7, 11) is 0. The third-order valence-corrected chi connectivity index (χ3v) is 9.41. The van der Waals surface area contributed by atoms with Crippen LogP contribution in [-0.2, 0) is 11.3 Å². The predicted molar refractivity (Wildman–Crippen MR) is 152 cm³/mol. The van der Waals surface area contributed by atoms with Gasteiger partial charge in [0.05, 0.1) is 11.7 Å². The Morgan fingerprint density at radius 2 is 1.88 bits per heavy atom. The summed E-state index contributed by atoms with van der Waals surface area (Å²) >= 11 is 7.90. The van der Waals surface area contributed by atoms with Crippen LogP contribution >= 0.6 is 23.4 Å². The number of aryl methyl sites for hydroxylation is 1. The van der Waals surface area contributed by atoms with Gasteiger partial charge >= 0.3 is 0 Å². The van der Waals surface area contributed by atoms with Gasteiger partial charge in [-0.2, -0.15) is 0 Å². The maximum absolute atomic E-state index is 13.4. The SMILES string of the molecule is CSc1cc(C)[nH]c(=O)c1CNC(=O)c1cc(Cl)cc2c1C(C)OC(C)(C1CCC(NC3CC(F)(F)C3)CC1)O2. The second-order valence-corrected chi connectivity index (χ2v) is 12.7. The number of halogens is 3. The largest absolute Gasteiger partial charge is 0.462 e. The summed E-state index contributed by atoms with van der Waals surface area (Å²) in [5.74, 6) is -3.21. The normalized spacial score (nSPS) is 27.8. The minimum absolute atomic E-state index is 0.0650. The van der Waals surface area contributed by atoms with Crippen molar-refractivity contribution < 1.29 is 23.0 Å². The zero-order chi connectivity index (χ0) is 28.8. The number of pyridine rings is 1. The highest BCUT2D eigenvalue weighted by Crippen LogP contribution is 2.48. The van der Waals surface area contributed by atoms with E-state index in [2.05, 4.69) is 15.6 Å². The average Bonchev–Trinajstić information content (AvgIpc) is 2.86. The van der Waals surface area contributed by atoms with Gasteiger partial charge in [-0.05, 0) is 64.0 Å². The molecule has 2 unspecified atom stereocenters. The van der Waals surface area contributed by atoms with Crippen LogP contribution in [0.3, 0.4) is 0 Å². The second-order valence-electron chi connectivity index (χ2n) is 11.4. The second kappa shape index (κ2) is 11.3. The average molecular weight is 596 g/mol. The molecular formula is C29H36ClF2N3O4S. The summed E-state index contributed by atoms with van der Waals surface area (Å²) < 4.78 is 39.3. The number of nitrogens with one attached hydrogen (secondary N) is 3. The van der Waals surface area contributed by atoms with E-state index in [1.165, 1.54) is 11.8 Å². The zero-order valence-electron chi connectivity index (χ0n) is 23.2. The number of fused-ring (bicyclic) bond motifs is 1. The van der Waals surface area contributed by atoms with Crippen molar-refractivity contribution in [2.45, 2.75) is 101 Å². The number of rotatable bonds is 7. The molecule has 2 saturated carbocycles. The van der Waals surface area contributed by atoms with Crippen molar-refractivity contribution in [3.63, 3.8) is 0 Å². The maximum atomic E-state index is 13.4. The van der Waals surface area contributed by atoms with Gasteiger partial charge in [-0.25, -0.2) is 8.78 Å². The third kappa shape index (κ3) is 6.05. The number of hydrogen-bond acceptors (Lipinski definition) is 6. The Morgan fingerprint density at radius 3 is 2.52 bits per heavy atom. The number of benzene rings is 1. The molecule has 3 aliphatic rings. The Morgan fingerprint density at radius 1 is 1.18 bits per heavy atom. The van der Waals surface area contributed by atoms with Crippen molar-refractivity contribution in [1.82, 2.24) is 15.6 Å². The third-order valence-electron chi connectivity index (χ3n) is 8.39. The Kier molecular flexibility index (Phi) is 8.27.